The minimum absolute atomic E-state index is 0.0103. The molecule has 0 aromatic heterocycles. The molecule has 1 aliphatic heterocycles. The van der Waals surface area contributed by atoms with Crippen molar-refractivity contribution in [3.05, 3.63) is 28.8 Å². The minimum Gasteiger partial charge on any atom is -0.479 e. The van der Waals surface area contributed by atoms with Crippen molar-refractivity contribution in [2.24, 2.45) is 0 Å². The lowest BCUT2D eigenvalue weighted by atomic mass is 10.1. The molecule has 1 aliphatic rings. The van der Waals surface area contributed by atoms with E-state index in [0.29, 0.717) is 37.0 Å². The molecule has 1 aromatic rings. The molecule has 0 bridgehead atoms. The van der Waals surface area contributed by atoms with E-state index in [0.717, 1.165) is 5.56 Å². The summed E-state index contributed by atoms with van der Waals surface area (Å²) in [5.41, 5.74) is 0.364. The van der Waals surface area contributed by atoms with Gasteiger partial charge in [0.1, 0.15) is 11.4 Å². The highest BCUT2D eigenvalue weighted by molar-refractivity contribution is 6.30. The first-order valence-corrected chi connectivity index (χ1v) is 10.1. The number of carbonyl (C=O) groups is 2. The van der Waals surface area contributed by atoms with Gasteiger partial charge in [-0.05, 0) is 52.8 Å². The molecular weight excluding hydrogens is 396 g/mol. The summed E-state index contributed by atoms with van der Waals surface area (Å²) in [4.78, 5) is 28.1. The average molecular weight is 427 g/mol. The first-order chi connectivity index (χ1) is 13.5. The number of ether oxygens (including phenoxy) is 3. The molecule has 1 fully saturated rings. The van der Waals surface area contributed by atoms with Gasteiger partial charge < -0.3 is 19.1 Å². The number of amides is 1. The van der Waals surface area contributed by atoms with Gasteiger partial charge in [0.2, 0.25) is 0 Å². The predicted molar refractivity (Wildman–Crippen MR) is 111 cm³/mol. The Kier molecular flexibility index (Phi) is 7.77. The number of halogens is 1. The summed E-state index contributed by atoms with van der Waals surface area (Å²) in [6, 6.07) is 5.34. The lowest BCUT2D eigenvalue weighted by Crippen LogP contribution is -2.54. The third kappa shape index (κ3) is 6.78. The number of methoxy groups -OCH3 is 1. The Morgan fingerprint density at radius 2 is 1.97 bits per heavy atom. The zero-order valence-electron chi connectivity index (χ0n) is 18.0. The van der Waals surface area contributed by atoms with Crippen LogP contribution in [-0.2, 0) is 20.8 Å². The molecule has 2 rings (SSSR count). The van der Waals surface area contributed by atoms with E-state index < -0.39 is 17.7 Å². The number of benzene rings is 1. The Bertz CT molecular complexity index is 734. The molecule has 0 saturated carbocycles. The molecule has 1 amide bonds. The number of hydrogen-bond acceptors (Lipinski definition) is 6. The van der Waals surface area contributed by atoms with Crippen LogP contribution in [0.1, 0.15) is 40.2 Å². The summed E-state index contributed by atoms with van der Waals surface area (Å²) < 4.78 is 16.0. The largest absolute Gasteiger partial charge is 0.479 e. The van der Waals surface area contributed by atoms with Gasteiger partial charge in [0.25, 0.3) is 0 Å². The molecule has 2 atom stereocenters. The van der Waals surface area contributed by atoms with Gasteiger partial charge in [-0.25, -0.2) is 9.59 Å². The Morgan fingerprint density at radius 1 is 1.28 bits per heavy atom. The van der Waals surface area contributed by atoms with Gasteiger partial charge in [-0.3, -0.25) is 4.90 Å². The number of rotatable bonds is 5. The minimum atomic E-state index is -0.720. The summed E-state index contributed by atoms with van der Waals surface area (Å²) in [6.45, 7) is 11.8. The quantitative estimate of drug-likeness (QED) is 0.668. The van der Waals surface area contributed by atoms with Gasteiger partial charge in [0.15, 0.2) is 6.10 Å². The van der Waals surface area contributed by atoms with Crippen molar-refractivity contribution in [1.29, 1.82) is 0 Å². The van der Waals surface area contributed by atoms with Crippen LogP contribution in [0.25, 0.3) is 0 Å². The highest BCUT2D eigenvalue weighted by atomic mass is 35.5. The topological polar surface area (TPSA) is 68.3 Å². The number of nitrogens with zero attached hydrogens (tertiary/aromatic N) is 2. The Morgan fingerprint density at radius 3 is 2.55 bits per heavy atom. The van der Waals surface area contributed by atoms with Gasteiger partial charge in [-0.2, -0.15) is 0 Å². The van der Waals surface area contributed by atoms with Gasteiger partial charge >= 0.3 is 12.1 Å². The normalized spacial score (nSPS) is 18.9. The predicted octanol–water partition coefficient (Wildman–Crippen LogP) is 3.72. The molecule has 1 saturated heterocycles. The fourth-order valence-electron chi connectivity index (χ4n) is 3.20. The van der Waals surface area contributed by atoms with Gasteiger partial charge in [0.05, 0.1) is 7.11 Å². The third-order valence-corrected chi connectivity index (χ3v) is 4.83. The van der Waals surface area contributed by atoms with Crippen LogP contribution in [0.3, 0.4) is 0 Å². The standard InChI is InChI=1S/C21H31ClN2O5/c1-14-12-23(9-10-24(14)20(26)29-21(3,4)5)13-16-11-17(22)7-8-18(16)28-15(2)19(25)27-6/h7-8,11,14-15H,9-10,12-13H2,1-6H3/t14?,15-/m0/s1. The first kappa shape index (κ1) is 23.3. The summed E-state index contributed by atoms with van der Waals surface area (Å²) >= 11 is 6.18. The molecule has 29 heavy (non-hydrogen) atoms. The van der Waals surface area contributed by atoms with Gasteiger partial charge in [-0.1, -0.05) is 11.6 Å². The van der Waals surface area contributed by atoms with E-state index in [2.05, 4.69) is 4.90 Å². The van der Waals surface area contributed by atoms with Crippen LogP contribution in [0, 0.1) is 0 Å². The highest BCUT2D eigenvalue weighted by Gasteiger charge is 2.31. The second kappa shape index (κ2) is 9.67. The highest BCUT2D eigenvalue weighted by Crippen LogP contribution is 2.27. The van der Waals surface area contributed by atoms with Gasteiger partial charge in [-0.15, -0.1) is 0 Å². The maximum absolute atomic E-state index is 12.4. The van der Waals surface area contributed by atoms with Crippen molar-refractivity contribution >= 4 is 23.7 Å². The smallest absolute Gasteiger partial charge is 0.410 e. The fourth-order valence-corrected chi connectivity index (χ4v) is 3.40. The third-order valence-electron chi connectivity index (χ3n) is 4.59. The number of piperazine rings is 1. The lowest BCUT2D eigenvalue weighted by molar-refractivity contribution is -0.147. The van der Waals surface area contributed by atoms with Gasteiger partial charge in [0, 0.05) is 42.8 Å². The number of carbonyl (C=O) groups excluding carboxylic acids is 2. The van der Waals surface area contributed by atoms with Crippen LogP contribution in [0.5, 0.6) is 5.75 Å². The van der Waals surface area contributed by atoms with E-state index in [1.807, 2.05) is 33.8 Å². The molecule has 1 aromatic carbocycles. The van der Waals surface area contributed by atoms with Crippen LogP contribution < -0.4 is 4.74 Å². The first-order valence-electron chi connectivity index (χ1n) is 9.75. The monoisotopic (exact) mass is 426 g/mol. The molecule has 0 aliphatic carbocycles. The van der Waals surface area contributed by atoms with Crippen LogP contribution in [0.4, 0.5) is 4.79 Å². The van der Waals surface area contributed by atoms with Crippen LogP contribution in [0.15, 0.2) is 18.2 Å². The molecular formula is C21H31ClN2O5. The Balaban J connectivity index is 2.05. The van der Waals surface area contributed by atoms with Crippen molar-refractivity contribution in [3.63, 3.8) is 0 Å². The van der Waals surface area contributed by atoms with Crippen molar-refractivity contribution in [1.82, 2.24) is 9.80 Å². The second-order valence-corrected chi connectivity index (χ2v) is 8.73. The molecule has 162 valence electrons. The van der Waals surface area contributed by atoms with E-state index in [1.54, 1.807) is 24.0 Å². The maximum Gasteiger partial charge on any atom is 0.410 e. The zero-order chi connectivity index (χ0) is 21.8. The molecule has 8 heteroatoms. The van der Waals surface area contributed by atoms with E-state index >= 15 is 0 Å². The molecule has 0 radical (unpaired) electrons. The zero-order valence-corrected chi connectivity index (χ0v) is 18.8. The Labute approximate surface area is 177 Å². The summed E-state index contributed by atoms with van der Waals surface area (Å²) in [6.07, 6.45) is -1.01. The molecule has 1 heterocycles. The van der Waals surface area contributed by atoms with E-state index in [1.165, 1.54) is 7.11 Å². The van der Waals surface area contributed by atoms with Crippen molar-refractivity contribution < 1.29 is 23.8 Å². The fraction of sp³-hybridized carbons (Fsp3) is 0.619. The maximum atomic E-state index is 12.4. The summed E-state index contributed by atoms with van der Waals surface area (Å²) in [7, 11) is 1.33. The number of hydrogen-bond donors (Lipinski definition) is 0. The van der Waals surface area contributed by atoms with Crippen LogP contribution in [0.2, 0.25) is 5.02 Å². The van der Waals surface area contributed by atoms with Crippen molar-refractivity contribution in [2.75, 3.05) is 26.7 Å². The molecule has 0 spiro atoms. The van der Waals surface area contributed by atoms with E-state index in [9.17, 15) is 9.59 Å². The second-order valence-electron chi connectivity index (χ2n) is 8.29. The van der Waals surface area contributed by atoms with E-state index in [-0.39, 0.29) is 12.1 Å². The molecule has 7 nitrogen and oxygen atoms in total. The molecule has 1 unspecified atom stereocenters. The van der Waals surface area contributed by atoms with E-state index in [4.69, 9.17) is 25.8 Å². The van der Waals surface area contributed by atoms with Crippen molar-refractivity contribution in [2.45, 2.75) is 58.9 Å². The average Bonchev–Trinajstić information content (AvgIpc) is 2.61. The number of esters is 1. The van der Waals surface area contributed by atoms with Crippen molar-refractivity contribution in [3.8, 4) is 5.75 Å². The lowest BCUT2D eigenvalue weighted by Gasteiger charge is -2.40. The summed E-state index contributed by atoms with van der Waals surface area (Å²) in [5, 5.41) is 0.596. The SMILES string of the molecule is COC(=O)[C@H](C)Oc1ccc(Cl)cc1CN1CCN(C(=O)OC(C)(C)C)C(C)C1. The Hall–Kier alpha value is -1.99. The van der Waals surface area contributed by atoms with Crippen LogP contribution in [-0.4, -0.2) is 66.4 Å². The van der Waals surface area contributed by atoms with Crippen LogP contribution >= 0.6 is 11.6 Å². The molecule has 0 N–H and O–H groups in total. The summed E-state index contributed by atoms with van der Waals surface area (Å²) in [5.74, 6) is 0.153.